The highest BCUT2D eigenvalue weighted by Crippen LogP contribution is 2.39. The summed E-state index contributed by atoms with van der Waals surface area (Å²) >= 11 is 3.37. The Labute approximate surface area is 187 Å². The van der Waals surface area contributed by atoms with Crippen molar-refractivity contribution in [1.29, 1.82) is 0 Å². The number of aryl methyl sites for hydroxylation is 1. The molecule has 0 aliphatic carbocycles. The number of carbonyl (C=O) groups is 2. The van der Waals surface area contributed by atoms with Gasteiger partial charge in [-0.3, -0.25) is 9.59 Å². The second-order valence-electron chi connectivity index (χ2n) is 7.26. The van der Waals surface area contributed by atoms with Crippen molar-refractivity contribution in [3.63, 3.8) is 0 Å². The first kappa shape index (κ1) is 22.5. The van der Waals surface area contributed by atoms with Crippen molar-refractivity contribution in [1.82, 2.24) is 5.32 Å². The monoisotopic (exact) mass is 440 g/mol. The summed E-state index contributed by atoms with van der Waals surface area (Å²) in [5.74, 6) is 2.01. The summed E-state index contributed by atoms with van der Waals surface area (Å²) in [7, 11) is 0. The first-order chi connectivity index (χ1) is 14.6. The van der Waals surface area contributed by atoms with Gasteiger partial charge in [-0.2, -0.15) is 11.8 Å². The molecule has 30 heavy (non-hydrogen) atoms. The summed E-state index contributed by atoms with van der Waals surface area (Å²) in [6.07, 6.45) is 5.32. The van der Waals surface area contributed by atoms with Gasteiger partial charge in [-0.25, -0.2) is 0 Å². The molecule has 2 aromatic rings. The molecule has 2 aromatic carbocycles. The van der Waals surface area contributed by atoms with Crippen LogP contribution in [0.15, 0.2) is 52.3 Å². The largest absolute Gasteiger partial charge is 0.352 e. The second kappa shape index (κ2) is 11.3. The molecule has 0 unspecified atom stereocenters. The summed E-state index contributed by atoms with van der Waals surface area (Å²) in [5.41, 5.74) is 3.43. The van der Waals surface area contributed by atoms with Crippen LogP contribution in [0.5, 0.6) is 0 Å². The van der Waals surface area contributed by atoms with Crippen LogP contribution in [0.1, 0.15) is 47.7 Å². The van der Waals surface area contributed by atoms with Crippen LogP contribution in [0, 0.1) is 6.92 Å². The Morgan fingerprint density at radius 3 is 2.67 bits per heavy atom. The fourth-order valence-electron chi connectivity index (χ4n) is 2.94. The molecule has 4 nitrogen and oxygen atoms in total. The molecule has 2 amide bonds. The molecular formula is C24H28N2O2S2. The molecule has 0 bridgehead atoms. The smallest absolute Gasteiger partial charge is 0.262 e. The van der Waals surface area contributed by atoms with Crippen LogP contribution < -0.4 is 10.6 Å². The molecule has 158 valence electrons. The molecule has 0 aromatic heterocycles. The fraction of sp³-hybridized carbons (Fsp3) is 0.333. The maximum atomic E-state index is 12.5. The predicted octanol–water partition coefficient (Wildman–Crippen LogP) is 5.73. The van der Waals surface area contributed by atoms with Gasteiger partial charge in [-0.1, -0.05) is 54.9 Å². The van der Waals surface area contributed by atoms with E-state index in [1.165, 1.54) is 35.9 Å². The number of carbonyl (C=O) groups excluding carboxylic acids is 2. The van der Waals surface area contributed by atoms with Gasteiger partial charge in [0.1, 0.15) is 0 Å². The Bertz CT molecular complexity index is 923. The summed E-state index contributed by atoms with van der Waals surface area (Å²) in [6, 6.07) is 13.5. The number of hydrogen-bond donors (Lipinski definition) is 2. The quantitative estimate of drug-likeness (QED) is 0.386. The Morgan fingerprint density at radius 1 is 1.13 bits per heavy atom. The average Bonchev–Trinajstić information content (AvgIpc) is 2.74. The van der Waals surface area contributed by atoms with Crippen LogP contribution in [0.4, 0.5) is 5.69 Å². The van der Waals surface area contributed by atoms with E-state index in [-0.39, 0.29) is 11.8 Å². The summed E-state index contributed by atoms with van der Waals surface area (Å²) in [5, 5.41) is 5.89. The highest BCUT2D eigenvalue weighted by Gasteiger charge is 2.22. The zero-order valence-corrected chi connectivity index (χ0v) is 19.1. The van der Waals surface area contributed by atoms with Gasteiger partial charge in [0.15, 0.2) is 0 Å². The lowest BCUT2D eigenvalue weighted by Crippen LogP contribution is -2.25. The van der Waals surface area contributed by atoms with Crippen molar-refractivity contribution in [2.24, 2.45) is 0 Å². The van der Waals surface area contributed by atoms with Crippen LogP contribution in [0.3, 0.4) is 0 Å². The molecular weight excluding hydrogens is 412 g/mol. The number of amides is 2. The third kappa shape index (κ3) is 6.41. The average molecular weight is 441 g/mol. The number of anilines is 1. The van der Waals surface area contributed by atoms with E-state index >= 15 is 0 Å². The van der Waals surface area contributed by atoms with Crippen molar-refractivity contribution >= 4 is 47.1 Å². The molecule has 6 heteroatoms. The highest BCUT2D eigenvalue weighted by molar-refractivity contribution is 8.04. The lowest BCUT2D eigenvalue weighted by Gasteiger charge is -2.19. The van der Waals surface area contributed by atoms with Gasteiger partial charge in [-0.05, 0) is 61.1 Å². The van der Waals surface area contributed by atoms with E-state index in [4.69, 9.17) is 0 Å². The Morgan fingerprint density at radius 2 is 1.90 bits per heavy atom. The zero-order chi connectivity index (χ0) is 21.3. The van der Waals surface area contributed by atoms with E-state index in [0.717, 1.165) is 22.6 Å². The van der Waals surface area contributed by atoms with Gasteiger partial charge in [0.2, 0.25) is 0 Å². The van der Waals surface area contributed by atoms with Gasteiger partial charge in [0, 0.05) is 17.0 Å². The van der Waals surface area contributed by atoms with E-state index in [0.29, 0.717) is 22.7 Å². The van der Waals surface area contributed by atoms with Crippen molar-refractivity contribution < 1.29 is 9.59 Å². The SMILES string of the molecule is CCCCSCCCNC(=O)c1ccc2c(c1)NC(=O)/C(=C\c1ccc(C)cc1)S2. The number of hydrogen-bond acceptors (Lipinski definition) is 4. The van der Waals surface area contributed by atoms with Crippen molar-refractivity contribution in [2.75, 3.05) is 23.4 Å². The Balaban J connectivity index is 1.57. The summed E-state index contributed by atoms with van der Waals surface area (Å²) in [6.45, 7) is 4.90. The molecule has 0 fully saturated rings. The van der Waals surface area contributed by atoms with E-state index < -0.39 is 0 Å². The molecule has 0 radical (unpaired) electrons. The predicted molar refractivity (Wildman–Crippen MR) is 129 cm³/mol. The second-order valence-corrected chi connectivity index (χ2v) is 9.57. The van der Waals surface area contributed by atoms with Gasteiger partial charge in [-0.15, -0.1) is 0 Å². The standard InChI is InChI=1S/C24H28N2O2S2/c1-3-4-13-29-14-5-12-25-23(27)19-10-11-21-20(16-19)26-24(28)22(30-21)15-18-8-6-17(2)7-9-18/h6-11,15-16H,3-5,12-14H2,1-2H3,(H,25,27)(H,26,28)/b22-15+. The summed E-state index contributed by atoms with van der Waals surface area (Å²) in [4.78, 5) is 26.5. The normalized spacial score (nSPS) is 14.3. The third-order valence-electron chi connectivity index (χ3n) is 4.70. The van der Waals surface area contributed by atoms with Gasteiger partial charge < -0.3 is 10.6 Å². The Kier molecular flexibility index (Phi) is 8.46. The van der Waals surface area contributed by atoms with Crippen LogP contribution in [0.2, 0.25) is 0 Å². The number of benzene rings is 2. The number of fused-ring (bicyclic) bond motifs is 1. The van der Waals surface area contributed by atoms with Crippen LogP contribution in [0.25, 0.3) is 6.08 Å². The first-order valence-corrected chi connectivity index (χ1v) is 12.3. The van der Waals surface area contributed by atoms with Crippen molar-refractivity contribution in [2.45, 2.75) is 38.0 Å². The molecule has 1 heterocycles. The van der Waals surface area contributed by atoms with Crippen molar-refractivity contribution in [3.8, 4) is 0 Å². The Hall–Kier alpha value is -2.18. The number of thioether (sulfide) groups is 2. The minimum Gasteiger partial charge on any atom is -0.352 e. The number of nitrogens with one attached hydrogen (secondary N) is 2. The van der Waals surface area contributed by atoms with Crippen LogP contribution in [-0.4, -0.2) is 29.9 Å². The molecule has 1 aliphatic rings. The van der Waals surface area contributed by atoms with Crippen molar-refractivity contribution in [3.05, 3.63) is 64.1 Å². The maximum absolute atomic E-state index is 12.5. The lowest BCUT2D eigenvalue weighted by molar-refractivity contribution is -0.112. The zero-order valence-electron chi connectivity index (χ0n) is 17.5. The first-order valence-electron chi connectivity index (χ1n) is 10.3. The molecule has 3 rings (SSSR count). The molecule has 2 N–H and O–H groups in total. The number of unbranched alkanes of at least 4 members (excludes halogenated alkanes) is 1. The molecule has 0 saturated carbocycles. The topological polar surface area (TPSA) is 58.2 Å². The van der Waals surface area contributed by atoms with E-state index in [2.05, 4.69) is 17.6 Å². The molecule has 1 aliphatic heterocycles. The lowest BCUT2D eigenvalue weighted by atomic mass is 10.1. The minimum atomic E-state index is -0.144. The highest BCUT2D eigenvalue weighted by atomic mass is 32.2. The van der Waals surface area contributed by atoms with Gasteiger partial charge in [0.25, 0.3) is 11.8 Å². The van der Waals surface area contributed by atoms with E-state index in [1.807, 2.05) is 61.2 Å². The van der Waals surface area contributed by atoms with Gasteiger partial charge >= 0.3 is 0 Å². The van der Waals surface area contributed by atoms with Gasteiger partial charge in [0.05, 0.1) is 10.6 Å². The molecule has 0 saturated heterocycles. The number of rotatable bonds is 9. The maximum Gasteiger partial charge on any atom is 0.262 e. The molecule has 0 spiro atoms. The summed E-state index contributed by atoms with van der Waals surface area (Å²) < 4.78 is 0. The molecule has 0 atom stereocenters. The minimum absolute atomic E-state index is 0.100. The fourth-order valence-corrected chi connectivity index (χ4v) is 4.92. The van der Waals surface area contributed by atoms with Crippen LogP contribution >= 0.6 is 23.5 Å². The van der Waals surface area contributed by atoms with E-state index in [9.17, 15) is 9.59 Å². The third-order valence-corrected chi connectivity index (χ3v) is 6.96. The van der Waals surface area contributed by atoms with E-state index in [1.54, 1.807) is 6.07 Å². The van der Waals surface area contributed by atoms with Crippen LogP contribution in [-0.2, 0) is 4.79 Å².